The molecule has 0 radical (unpaired) electrons. The fourth-order valence-electron chi connectivity index (χ4n) is 2.93. The first-order chi connectivity index (χ1) is 9.65. The van der Waals surface area contributed by atoms with E-state index >= 15 is 0 Å². The summed E-state index contributed by atoms with van der Waals surface area (Å²) < 4.78 is 0. The standard InChI is InChI=1S/C17H19ClN2/c1-11(2)15-10-16(18)20-17(19-15)14-9-5-7-12-6-3-4-8-13(12)14/h3-4,6,8,10-11,14H,5,7,9H2,1-2H3. The lowest BCUT2D eigenvalue weighted by Gasteiger charge is -2.25. The van der Waals surface area contributed by atoms with Crippen molar-refractivity contribution in [3.05, 3.63) is 58.1 Å². The SMILES string of the molecule is CC(C)c1cc(Cl)nc(C2CCCc3ccccc32)n1. The fraction of sp³-hybridized carbons (Fsp3) is 0.412. The highest BCUT2D eigenvalue weighted by Crippen LogP contribution is 2.35. The molecule has 104 valence electrons. The topological polar surface area (TPSA) is 25.8 Å². The van der Waals surface area contributed by atoms with Crippen molar-refractivity contribution in [3.8, 4) is 0 Å². The highest BCUT2D eigenvalue weighted by atomic mass is 35.5. The first-order valence-electron chi connectivity index (χ1n) is 7.27. The van der Waals surface area contributed by atoms with Crippen molar-refractivity contribution in [3.63, 3.8) is 0 Å². The second-order valence-electron chi connectivity index (χ2n) is 5.77. The Balaban J connectivity index is 2.06. The van der Waals surface area contributed by atoms with Crippen LogP contribution < -0.4 is 0 Å². The summed E-state index contributed by atoms with van der Waals surface area (Å²) in [5.74, 6) is 1.54. The zero-order valence-corrected chi connectivity index (χ0v) is 12.7. The summed E-state index contributed by atoms with van der Waals surface area (Å²) in [6.07, 6.45) is 3.45. The van der Waals surface area contributed by atoms with Crippen LogP contribution in [-0.4, -0.2) is 9.97 Å². The summed E-state index contributed by atoms with van der Waals surface area (Å²) >= 11 is 6.19. The third kappa shape index (κ3) is 2.57. The van der Waals surface area contributed by atoms with Crippen LogP contribution >= 0.6 is 11.6 Å². The largest absolute Gasteiger partial charge is 0.237 e. The number of aromatic nitrogens is 2. The van der Waals surface area contributed by atoms with Crippen LogP contribution in [0.1, 0.15) is 61.2 Å². The number of benzene rings is 1. The van der Waals surface area contributed by atoms with Crippen LogP contribution in [0.4, 0.5) is 0 Å². The third-order valence-electron chi connectivity index (χ3n) is 4.00. The lowest BCUT2D eigenvalue weighted by Crippen LogP contribution is -2.15. The van der Waals surface area contributed by atoms with Gasteiger partial charge in [-0.1, -0.05) is 49.7 Å². The Morgan fingerprint density at radius 3 is 2.80 bits per heavy atom. The average molecular weight is 287 g/mol. The fourth-order valence-corrected chi connectivity index (χ4v) is 3.13. The van der Waals surface area contributed by atoms with Gasteiger partial charge in [-0.15, -0.1) is 0 Å². The number of nitrogens with zero attached hydrogens (tertiary/aromatic N) is 2. The van der Waals surface area contributed by atoms with Gasteiger partial charge in [-0.25, -0.2) is 9.97 Å². The van der Waals surface area contributed by atoms with E-state index in [4.69, 9.17) is 16.6 Å². The Kier molecular flexibility index (Phi) is 3.75. The van der Waals surface area contributed by atoms with E-state index < -0.39 is 0 Å². The summed E-state index contributed by atoms with van der Waals surface area (Å²) in [7, 11) is 0. The quantitative estimate of drug-likeness (QED) is 0.747. The molecule has 3 heteroatoms. The van der Waals surface area contributed by atoms with Gasteiger partial charge in [0.15, 0.2) is 0 Å². The summed E-state index contributed by atoms with van der Waals surface area (Å²) in [5, 5.41) is 0.557. The number of hydrogen-bond acceptors (Lipinski definition) is 2. The molecule has 1 aromatic carbocycles. The number of rotatable bonds is 2. The molecule has 1 heterocycles. The third-order valence-corrected chi connectivity index (χ3v) is 4.20. The molecule has 0 saturated heterocycles. The minimum absolute atomic E-state index is 0.288. The predicted octanol–water partition coefficient (Wildman–Crippen LogP) is 4.72. The van der Waals surface area contributed by atoms with Crippen LogP contribution in [0.15, 0.2) is 30.3 Å². The predicted molar refractivity (Wildman–Crippen MR) is 82.4 cm³/mol. The molecular weight excluding hydrogens is 268 g/mol. The van der Waals surface area contributed by atoms with Gasteiger partial charge in [0.2, 0.25) is 0 Å². The van der Waals surface area contributed by atoms with E-state index in [0.29, 0.717) is 11.1 Å². The van der Waals surface area contributed by atoms with Gasteiger partial charge >= 0.3 is 0 Å². The average Bonchev–Trinajstić information content (AvgIpc) is 2.46. The first kappa shape index (κ1) is 13.6. The maximum absolute atomic E-state index is 6.19. The Labute approximate surface area is 125 Å². The van der Waals surface area contributed by atoms with Crippen molar-refractivity contribution in [2.45, 2.75) is 44.9 Å². The number of fused-ring (bicyclic) bond motifs is 1. The zero-order valence-electron chi connectivity index (χ0n) is 11.9. The van der Waals surface area contributed by atoms with Crippen LogP contribution in [0.5, 0.6) is 0 Å². The molecule has 0 bridgehead atoms. The van der Waals surface area contributed by atoms with Crippen LogP contribution in [0.2, 0.25) is 5.15 Å². The zero-order chi connectivity index (χ0) is 14.1. The molecule has 2 nitrogen and oxygen atoms in total. The van der Waals surface area contributed by atoms with E-state index in [1.807, 2.05) is 6.07 Å². The van der Waals surface area contributed by atoms with Gasteiger partial charge in [-0.05, 0) is 42.4 Å². The minimum atomic E-state index is 0.288. The molecular formula is C17H19ClN2. The maximum atomic E-state index is 6.19. The van der Waals surface area contributed by atoms with E-state index in [1.54, 1.807) is 0 Å². The molecule has 1 aromatic heterocycles. The van der Waals surface area contributed by atoms with Gasteiger partial charge in [-0.2, -0.15) is 0 Å². The molecule has 1 unspecified atom stereocenters. The van der Waals surface area contributed by atoms with Gasteiger partial charge in [0.1, 0.15) is 11.0 Å². The highest BCUT2D eigenvalue weighted by Gasteiger charge is 2.24. The van der Waals surface area contributed by atoms with Gasteiger partial charge in [0.25, 0.3) is 0 Å². The second kappa shape index (κ2) is 5.53. The molecule has 0 saturated carbocycles. The summed E-state index contributed by atoms with van der Waals surface area (Å²) in [6, 6.07) is 10.5. The van der Waals surface area contributed by atoms with Gasteiger partial charge in [0, 0.05) is 11.6 Å². The molecule has 0 fully saturated rings. The Hall–Kier alpha value is -1.41. The van der Waals surface area contributed by atoms with E-state index in [1.165, 1.54) is 17.5 Å². The summed E-state index contributed by atoms with van der Waals surface area (Å²) in [5.41, 5.74) is 3.83. The Morgan fingerprint density at radius 2 is 2.00 bits per heavy atom. The number of halogens is 1. The summed E-state index contributed by atoms with van der Waals surface area (Å²) in [4.78, 5) is 9.25. The highest BCUT2D eigenvalue weighted by molar-refractivity contribution is 6.29. The molecule has 3 rings (SSSR count). The van der Waals surface area contributed by atoms with E-state index in [-0.39, 0.29) is 5.92 Å². The lowest BCUT2D eigenvalue weighted by atomic mass is 9.82. The first-order valence-corrected chi connectivity index (χ1v) is 7.65. The monoisotopic (exact) mass is 286 g/mol. The molecule has 0 aliphatic heterocycles. The van der Waals surface area contributed by atoms with Crippen LogP contribution in [0.25, 0.3) is 0 Å². The van der Waals surface area contributed by atoms with Crippen LogP contribution in [0, 0.1) is 0 Å². The van der Waals surface area contributed by atoms with E-state index in [9.17, 15) is 0 Å². The van der Waals surface area contributed by atoms with E-state index in [2.05, 4.69) is 43.1 Å². The van der Waals surface area contributed by atoms with Crippen molar-refractivity contribution in [2.75, 3.05) is 0 Å². The molecule has 1 aliphatic carbocycles. The van der Waals surface area contributed by atoms with Crippen molar-refractivity contribution >= 4 is 11.6 Å². The van der Waals surface area contributed by atoms with Gasteiger partial charge in [-0.3, -0.25) is 0 Å². The van der Waals surface area contributed by atoms with Gasteiger partial charge in [0.05, 0.1) is 0 Å². The Bertz CT molecular complexity index is 622. The number of hydrogen-bond donors (Lipinski definition) is 0. The van der Waals surface area contributed by atoms with Gasteiger partial charge < -0.3 is 0 Å². The maximum Gasteiger partial charge on any atom is 0.137 e. The minimum Gasteiger partial charge on any atom is -0.237 e. The second-order valence-corrected chi connectivity index (χ2v) is 6.16. The van der Waals surface area contributed by atoms with Crippen molar-refractivity contribution in [1.29, 1.82) is 0 Å². The molecule has 20 heavy (non-hydrogen) atoms. The van der Waals surface area contributed by atoms with Crippen molar-refractivity contribution in [1.82, 2.24) is 9.97 Å². The molecule has 1 aliphatic rings. The molecule has 2 aromatic rings. The van der Waals surface area contributed by atoms with Crippen LogP contribution in [0.3, 0.4) is 0 Å². The Morgan fingerprint density at radius 1 is 1.20 bits per heavy atom. The lowest BCUT2D eigenvalue weighted by molar-refractivity contribution is 0.585. The summed E-state index contributed by atoms with van der Waals surface area (Å²) in [6.45, 7) is 4.27. The van der Waals surface area contributed by atoms with Crippen LogP contribution in [-0.2, 0) is 6.42 Å². The smallest absolute Gasteiger partial charge is 0.137 e. The van der Waals surface area contributed by atoms with Crippen molar-refractivity contribution in [2.24, 2.45) is 0 Å². The number of aryl methyl sites for hydroxylation is 1. The molecule has 0 amide bonds. The van der Waals surface area contributed by atoms with Crippen molar-refractivity contribution < 1.29 is 0 Å². The molecule has 0 N–H and O–H groups in total. The normalized spacial score (nSPS) is 18.1. The molecule has 1 atom stereocenters. The molecule has 0 spiro atoms. The van der Waals surface area contributed by atoms with E-state index in [0.717, 1.165) is 24.4 Å².